The second-order valence-corrected chi connectivity index (χ2v) is 3.36. The zero-order valence-electron chi connectivity index (χ0n) is 8.20. The van der Waals surface area contributed by atoms with Crippen molar-refractivity contribution in [3.05, 3.63) is 46.0 Å². The summed E-state index contributed by atoms with van der Waals surface area (Å²) in [5.41, 5.74) is 0.576. The summed E-state index contributed by atoms with van der Waals surface area (Å²) >= 11 is 0. The number of pyridine rings is 1. The van der Waals surface area contributed by atoms with E-state index in [-0.39, 0.29) is 17.7 Å². The number of halogens is 1. The van der Waals surface area contributed by atoms with Crippen LogP contribution in [0.2, 0.25) is 0 Å². The molecule has 1 N–H and O–H groups in total. The van der Waals surface area contributed by atoms with Gasteiger partial charge in [0.1, 0.15) is 5.82 Å². The molecule has 0 amide bonds. The maximum absolute atomic E-state index is 13.5. The summed E-state index contributed by atoms with van der Waals surface area (Å²) in [6.45, 7) is -0.172. The van der Waals surface area contributed by atoms with Gasteiger partial charge in [-0.25, -0.2) is 4.39 Å². The first kappa shape index (κ1) is 9.86. The number of aliphatic hydroxyl groups is 1. The van der Waals surface area contributed by atoms with Crippen LogP contribution in [0.15, 0.2) is 29.1 Å². The van der Waals surface area contributed by atoms with E-state index in [0.29, 0.717) is 10.9 Å². The normalized spacial score (nSPS) is 10.9. The molecule has 0 fully saturated rings. The minimum atomic E-state index is -0.456. The zero-order valence-corrected chi connectivity index (χ0v) is 8.20. The number of nitrogens with zero attached hydrogens (tertiary/aromatic N) is 1. The predicted molar refractivity (Wildman–Crippen MR) is 55.1 cm³/mol. The van der Waals surface area contributed by atoms with Gasteiger partial charge >= 0.3 is 0 Å². The molecule has 1 aromatic carbocycles. The first-order chi connectivity index (χ1) is 7.15. The summed E-state index contributed by atoms with van der Waals surface area (Å²) in [4.78, 5) is 11.3. The minimum Gasteiger partial charge on any atom is -0.392 e. The maximum atomic E-state index is 13.5. The molecule has 2 aromatic rings. The Morgan fingerprint density at radius 3 is 2.73 bits per heavy atom. The van der Waals surface area contributed by atoms with Crippen LogP contribution in [0.4, 0.5) is 4.39 Å². The first-order valence-electron chi connectivity index (χ1n) is 4.53. The summed E-state index contributed by atoms with van der Waals surface area (Å²) in [6, 6.07) is 5.67. The van der Waals surface area contributed by atoms with Gasteiger partial charge < -0.3 is 9.67 Å². The molecule has 15 heavy (non-hydrogen) atoms. The molecule has 0 aliphatic carbocycles. The molecule has 1 heterocycles. The fourth-order valence-electron chi connectivity index (χ4n) is 1.66. The highest BCUT2D eigenvalue weighted by molar-refractivity contribution is 5.83. The van der Waals surface area contributed by atoms with Crippen LogP contribution in [-0.2, 0) is 13.7 Å². The average molecular weight is 207 g/mol. The largest absolute Gasteiger partial charge is 0.392 e. The van der Waals surface area contributed by atoms with Gasteiger partial charge in [0.15, 0.2) is 0 Å². The summed E-state index contributed by atoms with van der Waals surface area (Å²) in [6.07, 6.45) is 0. The lowest BCUT2D eigenvalue weighted by molar-refractivity contribution is 0.283. The number of hydrogen-bond acceptors (Lipinski definition) is 2. The molecule has 0 radical (unpaired) electrons. The average Bonchev–Trinajstić information content (AvgIpc) is 2.24. The fraction of sp³-hybridized carbons (Fsp3) is 0.182. The Morgan fingerprint density at radius 1 is 1.33 bits per heavy atom. The number of benzene rings is 1. The van der Waals surface area contributed by atoms with Crippen molar-refractivity contribution in [2.24, 2.45) is 7.05 Å². The maximum Gasteiger partial charge on any atom is 0.250 e. The molecule has 2 rings (SSSR count). The van der Waals surface area contributed by atoms with E-state index in [1.54, 1.807) is 0 Å². The molecule has 0 saturated heterocycles. The van der Waals surface area contributed by atoms with E-state index in [4.69, 9.17) is 5.11 Å². The molecule has 4 heteroatoms. The van der Waals surface area contributed by atoms with E-state index in [1.807, 2.05) is 0 Å². The Balaban J connectivity index is 3.00. The van der Waals surface area contributed by atoms with Crippen molar-refractivity contribution < 1.29 is 9.50 Å². The van der Waals surface area contributed by atoms with Gasteiger partial charge in [-0.15, -0.1) is 0 Å². The van der Waals surface area contributed by atoms with Crippen LogP contribution >= 0.6 is 0 Å². The van der Waals surface area contributed by atoms with Crippen molar-refractivity contribution in [1.82, 2.24) is 4.57 Å². The Morgan fingerprint density at radius 2 is 2.07 bits per heavy atom. The molecule has 0 spiro atoms. The smallest absolute Gasteiger partial charge is 0.250 e. The van der Waals surface area contributed by atoms with Crippen molar-refractivity contribution in [1.29, 1.82) is 0 Å². The lowest BCUT2D eigenvalue weighted by atomic mass is 10.1. The quantitative estimate of drug-likeness (QED) is 0.762. The molecule has 0 aliphatic rings. The van der Waals surface area contributed by atoms with E-state index in [1.165, 1.54) is 35.9 Å². The van der Waals surface area contributed by atoms with E-state index in [9.17, 15) is 9.18 Å². The van der Waals surface area contributed by atoms with Gasteiger partial charge in [0, 0.05) is 18.5 Å². The van der Waals surface area contributed by atoms with E-state index < -0.39 is 5.82 Å². The molecule has 1 aromatic heterocycles. The molecule has 0 unspecified atom stereocenters. The summed E-state index contributed by atoms with van der Waals surface area (Å²) in [7, 11) is 1.51. The Labute approximate surface area is 85.4 Å². The number of aromatic nitrogens is 1. The van der Waals surface area contributed by atoms with Crippen LogP contribution in [0, 0.1) is 5.82 Å². The highest BCUT2D eigenvalue weighted by Gasteiger charge is 2.08. The van der Waals surface area contributed by atoms with Gasteiger partial charge in [0.05, 0.1) is 12.1 Å². The van der Waals surface area contributed by atoms with Gasteiger partial charge in [-0.1, -0.05) is 6.07 Å². The standard InChI is InChI=1S/C11H10FNO2/c1-13-10(15)5-3-8-7(6-14)2-4-9(12)11(8)13/h2-5,14H,6H2,1H3. The Bertz CT molecular complexity index is 575. The first-order valence-corrected chi connectivity index (χ1v) is 4.53. The van der Waals surface area contributed by atoms with Crippen molar-refractivity contribution in [3.63, 3.8) is 0 Å². The molecule has 0 bridgehead atoms. The van der Waals surface area contributed by atoms with Gasteiger partial charge in [0.2, 0.25) is 0 Å². The van der Waals surface area contributed by atoms with Crippen molar-refractivity contribution in [3.8, 4) is 0 Å². The number of fused-ring (bicyclic) bond motifs is 1. The van der Waals surface area contributed by atoms with Gasteiger partial charge in [-0.2, -0.15) is 0 Å². The lowest BCUT2D eigenvalue weighted by Gasteiger charge is -2.08. The Kier molecular flexibility index (Phi) is 2.28. The molecular formula is C11H10FNO2. The van der Waals surface area contributed by atoms with Crippen LogP contribution in [0.3, 0.4) is 0 Å². The SMILES string of the molecule is Cn1c(=O)ccc2c(CO)ccc(F)c21. The number of rotatable bonds is 1. The van der Waals surface area contributed by atoms with E-state index >= 15 is 0 Å². The Hall–Kier alpha value is -1.68. The fourth-order valence-corrected chi connectivity index (χ4v) is 1.66. The van der Waals surface area contributed by atoms with E-state index in [0.717, 1.165) is 0 Å². The topological polar surface area (TPSA) is 42.2 Å². The predicted octanol–water partition coefficient (Wildman–Crippen LogP) is 1.17. The molecule has 78 valence electrons. The van der Waals surface area contributed by atoms with Gasteiger partial charge in [-0.05, 0) is 17.7 Å². The lowest BCUT2D eigenvalue weighted by Crippen LogP contribution is -2.16. The van der Waals surface area contributed by atoms with Crippen molar-refractivity contribution >= 4 is 10.9 Å². The molecular weight excluding hydrogens is 197 g/mol. The second kappa shape index (κ2) is 3.47. The monoisotopic (exact) mass is 207 g/mol. The molecule has 0 saturated carbocycles. The minimum absolute atomic E-state index is 0.172. The zero-order chi connectivity index (χ0) is 11.0. The third-order valence-corrected chi connectivity index (χ3v) is 2.49. The van der Waals surface area contributed by atoms with Gasteiger partial charge in [0.25, 0.3) is 5.56 Å². The molecule has 0 atom stereocenters. The van der Waals surface area contributed by atoms with Gasteiger partial charge in [-0.3, -0.25) is 4.79 Å². The summed E-state index contributed by atoms with van der Waals surface area (Å²) in [5.74, 6) is -0.456. The third-order valence-electron chi connectivity index (χ3n) is 2.49. The molecule has 0 aliphatic heterocycles. The van der Waals surface area contributed by atoms with Crippen LogP contribution in [-0.4, -0.2) is 9.67 Å². The summed E-state index contributed by atoms with van der Waals surface area (Å²) in [5, 5.41) is 9.65. The van der Waals surface area contributed by atoms with Crippen LogP contribution < -0.4 is 5.56 Å². The van der Waals surface area contributed by atoms with Crippen molar-refractivity contribution in [2.45, 2.75) is 6.61 Å². The molecule has 3 nitrogen and oxygen atoms in total. The highest BCUT2D eigenvalue weighted by atomic mass is 19.1. The number of aryl methyl sites for hydroxylation is 1. The summed E-state index contributed by atoms with van der Waals surface area (Å²) < 4.78 is 14.7. The third kappa shape index (κ3) is 1.43. The second-order valence-electron chi connectivity index (χ2n) is 3.36. The number of hydrogen-bond donors (Lipinski definition) is 1. The highest BCUT2D eigenvalue weighted by Crippen LogP contribution is 2.19. The van der Waals surface area contributed by atoms with Crippen molar-refractivity contribution in [2.75, 3.05) is 0 Å². The van der Waals surface area contributed by atoms with Crippen LogP contribution in [0.25, 0.3) is 10.9 Å². The number of aliphatic hydroxyl groups excluding tert-OH is 1. The van der Waals surface area contributed by atoms with Crippen LogP contribution in [0.1, 0.15) is 5.56 Å². The van der Waals surface area contributed by atoms with E-state index in [2.05, 4.69) is 0 Å². The van der Waals surface area contributed by atoms with Crippen LogP contribution in [0.5, 0.6) is 0 Å².